The molecular formula is C15H30N2O2S. The number of sulfone groups is 1. The molecule has 4 nitrogen and oxygen atoms in total. The van der Waals surface area contributed by atoms with Gasteiger partial charge in [-0.05, 0) is 26.2 Å². The first-order valence-electron chi connectivity index (χ1n) is 7.96. The smallest absolute Gasteiger partial charge is 0.148 e. The quantitative estimate of drug-likeness (QED) is 0.860. The molecule has 1 N–H and O–H groups in total. The summed E-state index contributed by atoms with van der Waals surface area (Å²) >= 11 is 0. The standard InChI is InChI=1S/C15H30N2O2S/c1-4-14(2)12-16-15(8-6-5-7-9-15)13-17(14)10-11-20(3,18)19/h16H,4-13H2,1-3H3. The van der Waals surface area contributed by atoms with Crippen molar-refractivity contribution in [3.8, 4) is 0 Å². The number of nitrogens with one attached hydrogen (secondary N) is 1. The van der Waals surface area contributed by atoms with Crippen LogP contribution in [0.4, 0.5) is 0 Å². The molecule has 0 radical (unpaired) electrons. The van der Waals surface area contributed by atoms with E-state index < -0.39 is 9.84 Å². The zero-order chi connectivity index (χ0) is 14.9. The van der Waals surface area contributed by atoms with Crippen LogP contribution in [-0.2, 0) is 9.84 Å². The molecule has 2 aliphatic rings. The van der Waals surface area contributed by atoms with Gasteiger partial charge in [-0.25, -0.2) is 8.42 Å². The number of rotatable bonds is 4. The van der Waals surface area contributed by atoms with Crippen LogP contribution in [0.2, 0.25) is 0 Å². The van der Waals surface area contributed by atoms with Crippen molar-refractivity contribution in [3.05, 3.63) is 0 Å². The maximum absolute atomic E-state index is 11.5. The second kappa shape index (κ2) is 5.93. The molecule has 2 rings (SSSR count). The third-order valence-corrected chi connectivity index (χ3v) is 6.33. The monoisotopic (exact) mass is 302 g/mol. The highest BCUT2D eigenvalue weighted by atomic mass is 32.2. The Morgan fingerprint density at radius 1 is 1.20 bits per heavy atom. The Balaban J connectivity index is 2.09. The molecule has 1 saturated carbocycles. The third-order valence-electron chi connectivity index (χ3n) is 5.41. The molecular weight excluding hydrogens is 272 g/mol. The first-order valence-corrected chi connectivity index (χ1v) is 10.0. The van der Waals surface area contributed by atoms with E-state index in [1.807, 2.05) is 0 Å². The highest BCUT2D eigenvalue weighted by molar-refractivity contribution is 7.90. The van der Waals surface area contributed by atoms with Gasteiger partial charge in [0.1, 0.15) is 9.84 Å². The summed E-state index contributed by atoms with van der Waals surface area (Å²) in [5.41, 5.74) is 0.331. The molecule has 1 aliphatic carbocycles. The van der Waals surface area contributed by atoms with Crippen LogP contribution < -0.4 is 5.32 Å². The molecule has 20 heavy (non-hydrogen) atoms. The van der Waals surface area contributed by atoms with E-state index >= 15 is 0 Å². The zero-order valence-corrected chi connectivity index (χ0v) is 14.1. The number of piperazine rings is 1. The fourth-order valence-corrected chi connectivity index (χ4v) is 4.19. The molecule has 1 spiro atoms. The van der Waals surface area contributed by atoms with Gasteiger partial charge < -0.3 is 5.32 Å². The average molecular weight is 302 g/mol. The highest BCUT2D eigenvalue weighted by Gasteiger charge is 2.44. The molecule has 0 bridgehead atoms. The highest BCUT2D eigenvalue weighted by Crippen LogP contribution is 2.35. The minimum atomic E-state index is -2.89. The molecule has 0 amide bonds. The largest absolute Gasteiger partial charge is 0.308 e. The van der Waals surface area contributed by atoms with Crippen molar-refractivity contribution < 1.29 is 8.42 Å². The molecule has 0 aromatic carbocycles. The molecule has 1 atom stereocenters. The van der Waals surface area contributed by atoms with Crippen molar-refractivity contribution in [2.24, 2.45) is 0 Å². The van der Waals surface area contributed by atoms with Gasteiger partial charge in [0.2, 0.25) is 0 Å². The lowest BCUT2D eigenvalue weighted by atomic mass is 9.77. The van der Waals surface area contributed by atoms with E-state index in [1.54, 1.807) is 0 Å². The lowest BCUT2D eigenvalue weighted by Crippen LogP contribution is -2.69. The average Bonchev–Trinajstić information content (AvgIpc) is 2.40. The van der Waals surface area contributed by atoms with Crippen LogP contribution in [0.5, 0.6) is 0 Å². The molecule has 1 unspecified atom stereocenters. The second-order valence-electron chi connectivity index (χ2n) is 7.10. The summed E-state index contributed by atoms with van der Waals surface area (Å²) in [6.07, 6.45) is 8.82. The van der Waals surface area contributed by atoms with Gasteiger partial charge in [0, 0.05) is 37.0 Å². The summed E-state index contributed by atoms with van der Waals surface area (Å²) in [4.78, 5) is 2.44. The molecule has 1 heterocycles. The normalized spacial score (nSPS) is 31.6. The lowest BCUT2D eigenvalue weighted by molar-refractivity contribution is 0.00299. The van der Waals surface area contributed by atoms with E-state index in [-0.39, 0.29) is 16.8 Å². The summed E-state index contributed by atoms with van der Waals surface area (Å²) in [6, 6.07) is 0. The lowest BCUT2D eigenvalue weighted by Gasteiger charge is -2.54. The molecule has 1 saturated heterocycles. The van der Waals surface area contributed by atoms with Crippen molar-refractivity contribution in [2.75, 3.05) is 31.6 Å². The van der Waals surface area contributed by atoms with Crippen molar-refractivity contribution in [2.45, 2.75) is 63.5 Å². The summed E-state index contributed by atoms with van der Waals surface area (Å²) in [7, 11) is -2.89. The van der Waals surface area contributed by atoms with Crippen LogP contribution in [0.1, 0.15) is 52.4 Å². The van der Waals surface area contributed by atoms with Gasteiger partial charge in [0.25, 0.3) is 0 Å². The van der Waals surface area contributed by atoms with Crippen LogP contribution in [0.3, 0.4) is 0 Å². The first kappa shape index (κ1) is 16.2. The second-order valence-corrected chi connectivity index (χ2v) is 9.36. The fourth-order valence-electron chi connectivity index (χ4n) is 3.64. The SMILES string of the molecule is CCC1(C)CNC2(CCCCC2)CN1CCS(C)(=O)=O. The molecule has 118 valence electrons. The van der Waals surface area contributed by atoms with E-state index in [9.17, 15) is 8.42 Å². The van der Waals surface area contributed by atoms with Crippen LogP contribution in [0.15, 0.2) is 0 Å². The van der Waals surface area contributed by atoms with E-state index in [1.165, 1.54) is 38.4 Å². The maximum Gasteiger partial charge on any atom is 0.148 e. The van der Waals surface area contributed by atoms with Gasteiger partial charge in [-0.2, -0.15) is 0 Å². The van der Waals surface area contributed by atoms with Crippen molar-refractivity contribution in [3.63, 3.8) is 0 Å². The van der Waals surface area contributed by atoms with Crippen LogP contribution in [0, 0.1) is 0 Å². The van der Waals surface area contributed by atoms with E-state index in [0.717, 1.165) is 19.5 Å². The van der Waals surface area contributed by atoms with Crippen molar-refractivity contribution >= 4 is 9.84 Å². The van der Waals surface area contributed by atoms with Gasteiger partial charge in [0.15, 0.2) is 0 Å². The third kappa shape index (κ3) is 3.74. The predicted octanol–water partition coefficient (Wildman–Crippen LogP) is 1.81. The molecule has 0 aromatic heterocycles. The van der Waals surface area contributed by atoms with E-state index in [0.29, 0.717) is 6.54 Å². The zero-order valence-electron chi connectivity index (χ0n) is 13.2. The van der Waals surface area contributed by atoms with Gasteiger partial charge >= 0.3 is 0 Å². The Hall–Kier alpha value is -0.130. The summed E-state index contributed by atoms with van der Waals surface area (Å²) in [5, 5.41) is 3.81. The van der Waals surface area contributed by atoms with Crippen molar-refractivity contribution in [1.82, 2.24) is 10.2 Å². The van der Waals surface area contributed by atoms with E-state index in [4.69, 9.17) is 0 Å². The Morgan fingerprint density at radius 2 is 1.85 bits per heavy atom. The van der Waals surface area contributed by atoms with Crippen LogP contribution in [-0.4, -0.2) is 56.0 Å². The number of hydrogen-bond acceptors (Lipinski definition) is 4. The Bertz CT molecular complexity index is 429. The Morgan fingerprint density at radius 3 is 2.40 bits per heavy atom. The molecule has 1 aliphatic heterocycles. The van der Waals surface area contributed by atoms with Crippen molar-refractivity contribution in [1.29, 1.82) is 0 Å². The predicted molar refractivity (Wildman–Crippen MR) is 83.8 cm³/mol. The fraction of sp³-hybridized carbons (Fsp3) is 1.00. The first-order chi connectivity index (χ1) is 9.29. The summed E-state index contributed by atoms with van der Waals surface area (Å²) in [5.74, 6) is 0.276. The van der Waals surface area contributed by atoms with Gasteiger partial charge in [-0.1, -0.05) is 26.2 Å². The Kier molecular flexibility index (Phi) is 4.82. The minimum absolute atomic E-state index is 0.0907. The van der Waals surface area contributed by atoms with Crippen LogP contribution >= 0.6 is 0 Å². The van der Waals surface area contributed by atoms with Gasteiger partial charge in [-0.15, -0.1) is 0 Å². The number of nitrogens with zero attached hydrogens (tertiary/aromatic N) is 1. The molecule has 0 aromatic rings. The van der Waals surface area contributed by atoms with E-state index in [2.05, 4.69) is 24.1 Å². The van der Waals surface area contributed by atoms with Gasteiger partial charge in [0.05, 0.1) is 5.75 Å². The summed E-state index contributed by atoms with van der Waals surface area (Å²) in [6.45, 7) is 7.12. The Labute approximate surface area is 124 Å². The molecule has 2 fully saturated rings. The topological polar surface area (TPSA) is 49.4 Å². The van der Waals surface area contributed by atoms with Gasteiger partial charge in [-0.3, -0.25) is 4.90 Å². The molecule has 5 heteroatoms. The summed E-state index contributed by atoms with van der Waals surface area (Å²) < 4.78 is 23.0. The minimum Gasteiger partial charge on any atom is -0.308 e. The van der Waals surface area contributed by atoms with Crippen LogP contribution in [0.25, 0.3) is 0 Å². The maximum atomic E-state index is 11.5. The number of hydrogen-bond donors (Lipinski definition) is 1.